The lowest BCUT2D eigenvalue weighted by atomic mass is 9.99. The molecule has 5 nitrogen and oxygen atoms in total. The van der Waals surface area contributed by atoms with Gasteiger partial charge >= 0.3 is 12.1 Å². The van der Waals surface area contributed by atoms with Gasteiger partial charge in [-0.2, -0.15) is 0 Å². The van der Waals surface area contributed by atoms with Gasteiger partial charge in [0, 0.05) is 0 Å². The minimum absolute atomic E-state index is 0.118. The van der Waals surface area contributed by atoms with Crippen LogP contribution < -0.4 is 5.32 Å². The molecule has 0 rings (SSSR count). The summed E-state index contributed by atoms with van der Waals surface area (Å²) < 4.78 is 10.2. The predicted molar refractivity (Wildman–Crippen MR) is 78.4 cm³/mol. The molecule has 1 N–H and O–H groups in total. The Morgan fingerprint density at radius 1 is 1.30 bits per heavy atom. The topological polar surface area (TPSA) is 64.6 Å². The van der Waals surface area contributed by atoms with Gasteiger partial charge in [-0.25, -0.2) is 9.59 Å². The largest absolute Gasteiger partial charge is 0.464 e. The van der Waals surface area contributed by atoms with Crippen LogP contribution in [0, 0.1) is 5.41 Å². The second-order valence-corrected chi connectivity index (χ2v) is 5.88. The maximum Gasteiger partial charge on any atom is 0.407 e. The first-order valence-electron chi connectivity index (χ1n) is 7.01. The zero-order valence-electron chi connectivity index (χ0n) is 13.0. The van der Waals surface area contributed by atoms with Gasteiger partial charge in [0.2, 0.25) is 0 Å². The molecule has 0 bridgehead atoms. The van der Waals surface area contributed by atoms with E-state index in [-0.39, 0.29) is 12.0 Å². The normalized spacial score (nSPS) is 12.4. The lowest BCUT2D eigenvalue weighted by Crippen LogP contribution is -2.42. The average molecular weight is 285 g/mol. The van der Waals surface area contributed by atoms with Gasteiger partial charge in [0.25, 0.3) is 0 Å². The number of amides is 1. The fourth-order valence-corrected chi connectivity index (χ4v) is 1.26. The van der Waals surface area contributed by atoms with Crippen molar-refractivity contribution in [3.63, 3.8) is 0 Å². The summed E-state index contributed by atoms with van der Waals surface area (Å²) in [7, 11) is 0. The number of hydrogen-bond acceptors (Lipinski definition) is 4. The molecule has 0 aliphatic heterocycles. The Hall–Kier alpha value is -1.52. The maximum atomic E-state index is 11.8. The Balaban J connectivity index is 4.27. The molecule has 0 aromatic heterocycles. The van der Waals surface area contributed by atoms with Crippen molar-refractivity contribution < 1.29 is 19.1 Å². The molecule has 116 valence electrons. The first-order chi connectivity index (χ1) is 9.30. The molecule has 1 atom stereocenters. The van der Waals surface area contributed by atoms with E-state index in [2.05, 4.69) is 11.9 Å². The van der Waals surface area contributed by atoms with Crippen molar-refractivity contribution in [3.05, 3.63) is 12.7 Å². The van der Waals surface area contributed by atoms with E-state index >= 15 is 0 Å². The molecule has 0 aliphatic rings. The smallest absolute Gasteiger partial charge is 0.407 e. The summed E-state index contributed by atoms with van der Waals surface area (Å²) in [6.45, 7) is 12.1. The predicted octanol–water partition coefficient (Wildman–Crippen LogP) is 3.05. The first kappa shape index (κ1) is 18.5. The molecule has 0 heterocycles. The fourth-order valence-electron chi connectivity index (χ4n) is 1.26. The number of esters is 1. The Labute approximate surface area is 121 Å². The summed E-state index contributed by atoms with van der Waals surface area (Å²) in [5.74, 6) is -0.453. The molecule has 1 unspecified atom stereocenters. The number of carbonyl (C=O) groups is 2. The molecule has 5 heteroatoms. The highest BCUT2D eigenvalue weighted by Crippen LogP contribution is 2.12. The molecule has 1 amide bonds. The number of unbranched alkanes of at least 4 members (excludes halogenated alkanes) is 1. The summed E-state index contributed by atoms with van der Waals surface area (Å²) in [5, 5.41) is 2.51. The van der Waals surface area contributed by atoms with Gasteiger partial charge in [-0.3, -0.25) is 0 Å². The van der Waals surface area contributed by atoms with Gasteiger partial charge in [-0.05, 0) is 18.3 Å². The first-order valence-corrected chi connectivity index (χ1v) is 7.01. The third-order valence-electron chi connectivity index (χ3n) is 2.36. The summed E-state index contributed by atoms with van der Waals surface area (Å²) in [6.07, 6.45) is 3.02. The van der Waals surface area contributed by atoms with Crippen LogP contribution in [0.25, 0.3) is 0 Å². The zero-order valence-corrected chi connectivity index (χ0v) is 13.0. The molecule has 0 radical (unpaired) electrons. The third-order valence-corrected chi connectivity index (χ3v) is 2.36. The Morgan fingerprint density at radius 2 is 1.95 bits per heavy atom. The fraction of sp³-hybridized carbons (Fsp3) is 0.733. The lowest BCUT2D eigenvalue weighted by Gasteiger charge is -2.20. The van der Waals surface area contributed by atoms with Crippen molar-refractivity contribution in [1.82, 2.24) is 5.32 Å². The third kappa shape index (κ3) is 9.42. The van der Waals surface area contributed by atoms with Crippen LogP contribution in [-0.4, -0.2) is 31.3 Å². The summed E-state index contributed by atoms with van der Waals surface area (Å²) >= 11 is 0. The molecule has 20 heavy (non-hydrogen) atoms. The molecule has 0 aromatic rings. The quantitative estimate of drug-likeness (QED) is 0.423. The molecule has 0 aromatic carbocycles. The van der Waals surface area contributed by atoms with Crippen molar-refractivity contribution in [2.75, 3.05) is 13.2 Å². The summed E-state index contributed by atoms with van der Waals surface area (Å²) in [6, 6.07) is -0.739. The van der Waals surface area contributed by atoms with Gasteiger partial charge in [0.1, 0.15) is 6.04 Å². The van der Waals surface area contributed by atoms with Crippen LogP contribution in [0.3, 0.4) is 0 Å². The average Bonchev–Trinajstić information content (AvgIpc) is 2.35. The van der Waals surface area contributed by atoms with E-state index in [4.69, 9.17) is 9.47 Å². The van der Waals surface area contributed by atoms with Gasteiger partial charge in [0.05, 0.1) is 13.2 Å². The number of rotatable bonds is 8. The van der Waals surface area contributed by atoms with Gasteiger partial charge in [0.15, 0.2) is 0 Å². The van der Waals surface area contributed by atoms with E-state index < -0.39 is 18.1 Å². The van der Waals surface area contributed by atoms with Crippen molar-refractivity contribution in [2.24, 2.45) is 5.41 Å². The highest BCUT2D eigenvalue weighted by molar-refractivity contribution is 5.81. The zero-order chi connectivity index (χ0) is 15.6. The number of ether oxygens (including phenoxy) is 2. The minimum Gasteiger partial charge on any atom is -0.464 e. The monoisotopic (exact) mass is 285 g/mol. The van der Waals surface area contributed by atoms with E-state index in [1.807, 2.05) is 27.7 Å². The van der Waals surface area contributed by atoms with Gasteiger partial charge in [-0.15, -0.1) is 6.58 Å². The van der Waals surface area contributed by atoms with E-state index in [0.29, 0.717) is 13.0 Å². The molecular weight excluding hydrogens is 258 g/mol. The van der Waals surface area contributed by atoms with Crippen molar-refractivity contribution in [1.29, 1.82) is 0 Å². The van der Waals surface area contributed by atoms with Crippen molar-refractivity contribution in [3.8, 4) is 0 Å². The molecular formula is C15H27NO4. The van der Waals surface area contributed by atoms with Crippen LogP contribution in [0.2, 0.25) is 0 Å². The number of nitrogens with one attached hydrogen (secondary N) is 1. The number of alkyl carbamates (subject to hydrolysis) is 1. The van der Waals surface area contributed by atoms with Gasteiger partial charge in [-0.1, -0.05) is 40.2 Å². The van der Waals surface area contributed by atoms with Crippen LogP contribution in [0.15, 0.2) is 12.7 Å². The Morgan fingerprint density at radius 3 is 2.45 bits per heavy atom. The highest BCUT2D eigenvalue weighted by Gasteiger charge is 2.22. The van der Waals surface area contributed by atoms with E-state index in [9.17, 15) is 9.59 Å². The van der Waals surface area contributed by atoms with Crippen LogP contribution in [0.1, 0.15) is 47.0 Å². The van der Waals surface area contributed by atoms with Crippen molar-refractivity contribution >= 4 is 12.1 Å². The van der Waals surface area contributed by atoms with E-state index in [0.717, 1.165) is 12.8 Å². The van der Waals surface area contributed by atoms with Crippen LogP contribution in [0.4, 0.5) is 4.79 Å². The lowest BCUT2D eigenvalue weighted by molar-refractivity contribution is -0.146. The van der Waals surface area contributed by atoms with Crippen LogP contribution in [0.5, 0.6) is 0 Å². The van der Waals surface area contributed by atoms with Gasteiger partial charge < -0.3 is 14.8 Å². The van der Waals surface area contributed by atoms with Crippen LogP contribution in [-0.2, 0) is 14.3 Å². The molecule has 0 saturated carbocycles. The molecule has 0 saturated heterocycles. The summed E-state index contributed by atoms with van der Waals surface area (Å²) in [5.41, 5.74) is -0.118. The molecule has 0 aliphatic carbocycles. The second-order valence-electron chi connectivity index (χ2n) is 5.88. The Kier molecular flexibility index (Phi) is 8.68. The minimum atomic E-state index is -0.739. The Bertz CT molecular complexity index is 320. The van der Waals surface area contributed by atoms with Crippen LogP contribution >= 0.6 is 0 Å². The maximum absolute atomic E-state index is 11.8. The standard InChI is InChI=1S/C15H27NO4/c1-6-8-10-19-13(17)12(9-7-2)16-14(18)20-11-15(3,4)5/h7,12H,2,6,8-11H2,1,3-5H3,(H,16,18). The SMILES string of the molecule is C=CCC(NC(=O)OCC(C)(C)C)C(=O)OCCCC. The number of carbonyl (C=O) groups excluding carboxylic acids is 2. The number of hydrogen-bond donors (Lipinski definition) is 1. The van der Waals surface area contributed by atoms with E-state index in [1.54, 1.807) is 6.08 Å². The molecule has 0 spiro atoms. The second kappa shape index (κ2) is 9.39. The molecule has 0 fully saturated rings. The highest BCUT2D eigenvalue weighted by atomic mass is 16.6. The van der Waals surface area contributed by atoms with E-state index in [1.165, 1.54) is 0 Å². The summed E-state index contributed by atoms with van der Waals surface area (Å²) in [4.78, 5) is 23.4. The van der Waals surface area contributed by atoms with Crippen molar-refractivity contribution in [2.45, 2.75) is 53.0 Å².